The number of anilines is 1. The minimum atomic E-state index is -0.425. The number of benzene rings is 2. The molecule has 0 spiro atoms. The van der Waals surface area contributed by atoms with Gasteiger partial charge in [-0.05, 0) is 32.9 Å². The quantitative estimate of drug-likeness (QED) is 0.475. The molecule has 0 unspecified atom stereocenters. The summed E-state index contributed by atoms with van der Waals surface area (Å²) < 4.78 is 5.70. The monoisotopic (exact) mass is 354 g/mol. The van der Waals surface area contributed by atoms with E-state index < -0.39 is 4.92 Å². The van der Waals surface area contributed by atoms with Gasteiger partial charge in [-0.1, -0.05) is 29.8 Å². The van der Waals surface area contributed by atoms with Crippen LogP contribution in [-0.4, -0.2) is 36.0 Å². The lowest BCUT2D eigenvalue weighted by Gasteiger charge is -2.36. The Labute approximate surface area is 152 Å². The molecule has 1 aliphatic heterocycles. The molecule has 6 nitrogen and oxygen atoms in total. The summed E-state index contributed by atoms with van der Waals surface area (Å²) in [5.41, 5.74) is 2.37. The van der Waals surface area contributed by atoms with Crippen molar-refractivity contribution in [2.24, 2.45) is 0 Å². The Kier molecular flexibility index (Phi) is 5.04. The van der Waals surface area contributed by atoms with E-state index in [1.807, 2.05) is 37.8 Å². The highest BCUT2D eigenvalue weighted by atomic mass is 16.6. The third-order valence-electron chi connectivity index (χ3n) is 4.51. The van der Waals surface area contributed by atoms with Crippen molar-refractivity contribution < 1.29 is 14.5 Å². The van der Waals surface area contributed by atoms with E-state index in [0.29, 0.717) is 29.9 Å². The van der Waals surface area contributed by atoms with Crippen LogP contribution < -0.4 is 4.90 Å². The number of ketones is 1. The summed E-state index contributed by atoms with van der Waals surface area (Å²) in [5.74, 6) is -0.219. The number of nitro groups is 1. The van der Waals surface area contributed by atoms with Gasteiger partial charge in [0.25, 0.3) is 5.69 Å². The summed E-state index contributed by atoms with van der Waals surface area (Å²) in [7, 11) is 0. The molecule has 0 N–H and O–H groups in total. The van der Waals surface area contributed by atoms with Crippen molar-refractivity contribution in [3.8, 4) is 0 Å². The minimum Gasteiger partial charge on any atom is -0.372 e. The summed E-state index contributed by atoms with van der Waals surface area (Å²) in [6, 6.07) is 11.9. The first kappa shape index (κ1) is 18.1. The number of hydrogen-bond acceptors (Lipinski definition) is 5. The van der Waals surface area contributed by atoms with Crippen molar-refractivity contribution in [2.45, 2.75) is 33.0 Å². The molecule has 1 saturated heterocycles. The van der Waals surface area contributed by atoms with Crippen LogP contribution in [0.4, 0.5) is 11.4 Å². The molecule has 0 aromatic heterocycles. The van der Waals surface area contributed by atoms with Crippen LogP contribution in [0, 0.1) is 17.0 Å². The summed E-state index contributed by atoms with van der Waals surface area (Å²) in [4.78, 5) is 25.8. The smallest absolute Gasteiger partial charge is 0.293 e. The first-order chi connectivity index (χ1) is 12.3. The second-order valence-electron chi connectivity index (χ2n) is 6.82. The fourth-order valence-corrected chi connectivity index (χ4v) is 3.32. The van der Waals surface area contributed by atoms with Crippen molar-refractivity contribution in [2.75, 3.05) is 18.0 Å². The van der Waals surface area contributed by atoms with Crippen molar-refractivity contribution in [3.63, 3.8) is 0 Å². The van der Waals surface area contributed by atoms with Crippen molar-refractivity contribution in [3.05, 3.63) is 69.3 Å². The fourth-order valence-electron chi connectivity index (χ4n) is 3.32. The standard InChI is InChI=1S/C20H22N2O4/c1-13-4-6-16(7-5-13)20(23)17-8-9-18(19(10-17)22(24)25)21-11-14(2)26-15(3)12-21/h4-10,14-15H,11-12H2,1-3H3/t14-,15-/m0/s1. The van der Waals surface area contributed by atoms with Gasteiger partial charge in [-0.3, -0.25) is 14.9 Å². The summed E-state index contributed by atoms with van der Waals surface area (Å²) in [6.07, 6.45) is -0.0144. The van der Waals surface area contributed by atoms with Gasteiger partial charge in [0.05, 0.1) is 17.1 Å². The van der Waals surface area contributed by atoms with Gasteiger partial charge in [0.15, 0.2) is 5.78 Å². The van der Waals surface area contributed by atoms with Gasteiger partial charge in [0.1, 0.15) is 5.69 Å². The fraction of sp³-hybridized carbons (Fsp3) is 0.350. The molecule has 0 radical (unpaired) electrons. The van der Waals surface area contributed by atoms with E-state index in [4.69, 9.17) is 4.74 Å². The largest absolute Gasteiger partial charge is 0.372 e. The highest BCUT2D eigenvalue weighted by Gasteiger charge is 2.28. The molecule has 1 heterocycles. The van der Waals surface area contributed by atoms with Crippen LogP contribution in [0.1, 0.15) is 35.3 Å². The van der Waals surface area contributed by atoms with Gasteiger partial charge >= 0.3 is 0 Å². The number of carbonyl (C=O) groups excluding carboxylic acids is 1. The van der Waals surface area contributed by atoms with Crippen LogP contribution in [0.15, 0.2) is 42.5 Å². The van der Waals surface area contributed by atoms with E-state index in [0.717, 1.165) is 5.56 Å². The number of nitrogens with zero attached hydrogens (tertiary/aromatic N) is 2. The van der Waals surface area contributed by atoms with E-state index in [-0.39, 0.29) is 23.7 Å². The Morgan fingerprint density at radius 1 is 1.08 bits per heavy atom. The summed E-state index contributed by atoms with van der Waals surface area (Å²) in [6.45, 7) is 7.00. The van der Waals surface area contributed by atoms with Gasteiger partial charge in [0.2, 0.25) is 0 Å². The second-order valence-corrected chi connectivity index (χ2v) is 6.82. The maximum Gasteiger partial charge on any atom is 0.293 e. The van der Waals surface area contributed by atoms with E-state index in [2.05, 4.69) is 0 Å². The Hall–Kier alpha value is -2.73. The summed E-state index contributed by atoms with van der Waals surface area (Å²) >= 11 is 0. The normalized spacial score (nSPS) is 20.0. The number of rotatable bonds is 4. The molecule has 2 atom stereocenters. The number of hydrogen-bond donors (Lipinski definition) is 0. The van der Waals surface area contributed by atoms with Crippen LogP contribution >= 0.6 is 0 Å². The lowest BCUT2D eigenvalue weighted by atomic mass is 10.0. The Morgan fingerprint density at radius 3 is 2.23 bits per heavy atom. The molecule has 0 aliphatic carbocycles. The predicted molar refractivity (Wildman–Crippen MR) is 99.9 cm³/mol. The predicted octanol–water partition coefficient (Wildman–Crippen LogP) is 3.75. The van der Waals surface area contributed by atoms with Crippen molar-refractivity contribution in [1.29, 1.82) is 0 Å². The van der Waals surface area contributed by atoms with Crippen LogP contribution in [0.2, 0.25) is 0 Å². The Morgan fingerprint density at radius 2 is 1.65 bits per heavy atom. The molecule has 2 aromatic carbocycles. The van der Waals surface area contributed by atoms with E-state index >= 15 is 0 Å². The third-order valence-corrected chi connectivity index (χ3v) is 4.51. The number of morpholine rings is 1. The van der Waals surface area contributed by atoms with Gasteiger partial charge in [-0.25, -0.2) is 0 Å². The number of carbonyl (C=O) groups is 1. The maximum absolute atomic E-state index is 12.7. The number of aryl methyl sites for hydroxylation is 1. The van der Waals surface area contributed by atoms with E-state index in [1.54, 1.807) is 24.3 Å². The van der Waals surface area contributed by atoms with Crippen LogP contribution in [0.5, 0.6) is 0 Å². The molecule has 6 heteroatoms. The molecular formula is C20H22N2O4. The molecule has 0 amide bonds. The molecule has 0 bridgehead atoms. The van der Waals surface area contributed by atoms with Crippen LogP contribution in [0.25, 0.3) is 0 Å². The minimum absolute atomic E-state index is 0.00720. The highest BCUT2D eigenvalue weighted by molar-refractivity contribution is 6.09. The van der Waals surface area contributed by atoms with Crippen LogP contribution in [0.3, 0.4) is 0 Å². The van der Waals surface area contributed by atoms with Gasteiger partial charge in [0, 0.05) is 30.3 Å². The topological polar surface area (TPSA) is 72.7 Å². The zero-order chi connectivity index (χ0) is 18.8. The van der Waals surface area contributed by atoms with Crippen molar-refractivity contribution >= 4 is 17.2 Å². The lowest BCUT2D eigenvalue weighted by Crippen LogP contribution is -2.45. The van der Waals surface area contributed by atoms with E-state index in [9.17, 15) is 14.9 Å². The zero-order valence-corrected chi connectivity index (χ0v) is 15.1. The molecule has 1 aliphatic rings. The number of ether oxygens (including phenoxy) is 1. The average molecular weight is 354 g/mol. The molecular weight excluding hydrogens is 332 g/mol. The van der Waals surface area contributed by atoms with Gasteiger partial charge in [-0.2, -0.15) is 0 Å². The SMILES string of the molecule is Cc1ccc(C(=O)c2ccc(N3C[C@H](C)O[C@@H](C)C3)c([N+](=O)[O-])c2)cc1. The zero-order valence-electron chi connectivity index (χ0n) is 15.1. The van der Waals surface area contributed by atoms with E-state index in [1.165, 1.54) is 6.07 Å². The second kappa shape index (κ2) is 7.25. The molecule has 3 rings (SSSR count). The highest BCUT2D eigenvalue weighted by Crippen LogP contribution is 2.32. The maximum atomic E-state index is 12.7. The Bertz CT molecular complexity index is 822. The van der Waals surface area contributed by atoms with Gasteiger partial charge < -0.3 is 9.64 Å². The van der Waals surface area contributed by atoms with Gasteiger partial charge in [-0.15, -0.1) is 0 Å². The van der Waals surface area contributed by atoms with Crippen molar-refractivity contribution in [1.82, 2.24) is 0 Å². The molecule has 136 valence electrons. The molecule has 2 aromatic rings. The third kappa shape index (κ3) is 3.75. The lowest BCUT2D eigenvalue weighted by molar-refractivity contribution is -0.384. The Balaban J connectivity index is 1.95. The molecule has 1 fully saturated rings. The average Bonchev–Trinajstić information content (AvgIpc) is 2.60. The first-order valence-electron chi connectivity index (χ1n) is 8.65. The van der Waals surface area contributed by atoms with Crippen LogP contribution in [-0.2, 0) is 4.74 Å². The molecule has 0 saturated carbocycles. The first-order valence-corrected chi connectivity index (χ1v) is 8.65. The summed E-state index contributed by atoms with van der Waals surface area (Å²) in [5, 5.41) is 11.6. The number of nitro benzene ring substituents is 1. The molecule has 26 heavy (non-hydrogen) atoms.